The van der Waals surface area contributed by atoms with Gasteiger partial charge in [-0.05, 0) is 18.2 Å². The molecule has 80 valence electrons. The summed E-state index contributed by atoms with van der Waals surface area (Å²) in [5.74, 6) is -0.104. The molecule has 0 fully saturated rings. The van der Waals surface area contributed by atoms with Gasteiger partial charge in [-0.1, -0.05) is 6.07 Å². The van der Waals surface area contributed by atoms with E-state index in [1.54, 1.807) is 24.3 Å². The first-order chi connectivity index (χ1) is 7.70. The maximum atomic E-state index is 11.1. The third-order valence-electron chi connectivity index (χ3n) is 2.10. The fourth-order valence-corrected chi connectivity index (χ4v) is 1.30. The van der Waals surface area contributed by atoms with E-state index < -0.39 is 0 Å². The lowest BCUT2D eigenvalue weighted by molar-refractivity contribution is 0.101. The number of ketones is 1. The third kappa shape index (κ3) is 1.88. The van der Waals surface area contributed by atoms with Crippen molar-refractivity contribution in [2.45, 2.75) is 6.92 Å². The standard InChI is InChI=1S/C11H9N3O2/c1-7(16)9-3-2-4-10(12-9)11-5-8(6-15)13-14-11/h2-6H,1H3,(H,13,14). The van der Waals surface area contributed by atoms with Gasteiger partial charge in [-0.25, -0.2) is 4.98 Å². The molecular weight excluding hydrogens is 206 g/mol. The molecule has 0 saturated carbocycles. The van der Waals surface area contributed by atoms with E-state index in [4.69, 9.17) is 0 Å². The summed E-state index contributed by atoms with van der Waals surface area (Å²) in [7, 11) is 0. The molecule has 0 unspecified atom stereocenters. The Morgan fingerprint density at radius 1 is 1.38 bits per heavy atom. The first kappa shape index (κ1) is 10.2. The van der Waals surface area contributed by atoms with Crippen LogP contribution in [0.15, 0.2) is 24.3 Å². The van der Waals surface area contributed by atoms with E-state index in [1.807, 2.05) is 0 Å². The average molecular weight is 215 g/mol. The fraction of sp³-hybridized carbons (Fsp3) is 0.0909. The minimum absolute atomic E-state index is 0.104. The lowest BCUT2D eigenvalue weighted by atomic mass is 10.2. The number of Topliss-reactive ketones (excluding diaryl/α,β-unsaturated/α-hetero) is 1. The van der Waals surface area contributed by atoms with E-state index in [0.29, 0.717) is 29.1 Å². The first-order valence-corrected chi connectivity index (χ1v) is 4.69. The van der Waals surface area contributed by atoms with E-state index in [9.17, 15) is 9.59 Å². The van der Waals surface area contributed by atoms with Crippen LogP contribution >= 0.6 is 0 Å². The van der Waals surface area contributed by atoms with Gasteiger partial charge >= 0.3 is 0 Å². The molecule has 0 aromatic carbocycles. The molecule has 2 aromatic rings. The molecule has 16 heavy (non-hydrogen) atoms. The van der Waals surface area contributed by atoms with E-state index in [2.05, 4.69) is 15.2 Å². The largest absolute Gasteiger partial charge is 0.296 e. The molecule has 0 saturated heterocycles. The van der Waals surface area contributed by atoms with Crippen LogP contribution in [0.2, 0.25) is 0 Å². The second kappa shape index (κ2) is 4.06. The molecule has 2 heterocycles. The summed E-state index contributed by atoms with van der Waals surface area (Å²) >= 11 is 0. The zero-order valence-corrected chi connectivity index (χ0v) is 8.60. The molecule has 0 atom stereocenters. The maximum Gasteiger partial charge on any atom is 0.178 e. The fourth-order valence-electron chi connectivity index (χ4n) is 1.30. The molecule has 0 amide bonds. The number of carbonyl (C=O) groups is 2. The van der Waals surface area contributed by atoms with E-state index in [-0.39, 0.29) is 5.78 Å². The first-order valence-electron chi connectivity index (χ1n) is 4.69. The quantitative estimate of drug-likeness (QED) is 0.621. The molecule has 1 N–H and O–H groups in total. The number of H-pyrrole nitrogens is 1. The van der Waals surface area contributed by atoms with Crippen LogP contribution in [0.3, 0.4) is 0 Å². The summed E-state index contributed by atoms with van der Waals surface area (Å²) in [5, 5.41) is 6.49. The molecule has 0 aliphatic carbocycles. The topological polar surface area (TPSA) is 75.7 Å². The van der Waals surface area contributed by atoms with Crippen molar-refractivity contribution in [3.8, 4) is 11.4 Å². The Kier molecular flexibility index (Phi) is 2.59. The summed E-state index contributed by atoms with van der Waals surface area (Å²) in [6, 6.07) is 6.68. The van der Waals surface area contributed by atoms with E-state index in [1.165, 1.54) is 6.92 Å². The number of hydrogen-bond acceptors (Lipinski definition) is 4. The van der Waals surface area contributed by atoms with Gasteiger partial charge in [-0.3, -0.25) is 14.7 Å². The zero-order chi connectivity index (χ0) is 11.5. The highest BCUT2D eigenvalue weighted by Gasteiger charge is 2.07. The van der Waals surface area contributed by atoms with Crippen molar-refractivity contribution in [1.82, 2.24) is 15.2 Å². The molecule has 0 spiro atoms. The molecule has 5 heteroatoms. The highest BCUT2D eigenvalue weighted by atomic mass is 16.1. The Labute approximate surface area is 91.5 Å². The Hall–Kier alpha value is -2.30. The number of pyridine rings is 1. The van der Waals surface area contributed by atoms with Crippen LogP contribution in [0, 0.1) is 0 Å². The summed E-state index contributed by atoms with van der Waals surface area (Å²) in [6.07, 6.45) is 0.672. The SMILES string of the molecule is CC(=O)c1cccc(-c2cc(C=O)[nH]n2)n1. The van der Waals surface area contributed by atoms with Gasteiger partial charge in [0.05, 0.1) is 11.4 Å². The van der Waals surface area contributed by atoms with Crippen LogP contribution < -0.4 is 0 Å². The zero-order valence-electron chi connectivity index (χ0n) is 8.60. The number of hydrogen-bond donors (Lipinski definition) is 1. The Morgan fingerprint density at radius 3 is 2.81 bits per heavy atom. The van der Waals surface area contributed by atoms with Gasteiger partial charge in [-0.2, -0.15) is 5.10 Å². The minimum Gasteiger partial charge on any atom is -0.296 e. The summed E-state index contributed by atoms with van der Waals surface area (Å²) in [6.45, 7) is 1.45. The number of nitrogens with zero attached hydrogens (tertiary/aromatic N) is 2. The molecule has 0 bridgehead atoms. The van der Waals surface area contributed by atoms with E-state index >= 15 is 0 Å². The predicted octanol–water partition coefficient (Wildman–Crippen LogP) is 1.49. The summed E-state index contributed by atoms with van der Waals surface area (Å²) < 4.78 is 0. The number of aromatic amines is 1. The highest BCUT2D eigenvalue weighted by Crippen LogP contribution is 2.15. The van der Waals surface area contributed by atoms with Crippen molar-refractivity contribution < 1.29 is 9.59 Å². The second-order valence-corrected chi connectivity index (χ2v) is 3.29. The minimum atomic E-state index is -0.104. The van der Waals surface area contributed by atoms with Gasteiger partial charge in [0.2, 0.25) is 0 Å². The lowest BCUT2D eigenvalue weighted by Crippen LogP contribution is -1.97. The Bertz CT molecular complexity index is 546. The van der Waals surface area contributed by atoms with E-state index in [0.717, 1.165) is 0 Å². The highest BCUT2D eigenvalue weighted by molar-refractivity contribution is 5.92. The van der Waals surface area contributed by atoms with Gasteiger partial charge in [0.25, 0.3) is 0 Å². The number of aromatic nitrogens is 3. The van der Waals surface area contributed by atoms with Crippen LogP contribution in [0.4, 0.5) is 0 Å². The number of carbonyl (C=O) groups excluding carboxylic acids is 2. The molecular formula is C11H9N3O2. The van der Waals surface area contributed by atoms with Crippen molar-refractivity contribution in [1.29, 1.82) is 0 Å². The smallest absolute Gasteiger partial charge is 0.178 e. The normalized spacial score (nSPS) is 10.1. The molecule has 0 aliphatic heterocycles. The van der Waals surface area contributed by atoms with Crippen LogP contribution in [0.25, 0.3) is 11.4 Å². The van der Waals surface area contributed by atoms with Crippen molar-refractivity contribution in [3.63, 3.8) is 0 Å². The van der Waals surface area contributed by atoms with Gasteiger partial charge in [0, 0.05) is 6.92 Å². The van der Waals surface area contributed by atoms with Gasteiger partial charge < -0.3 is 0 Å². The molecule has 2 rings (SSSR count). The van der Waals surface area contributed by atoms with Crippen LogP contribution in [0.1, 0.15) is 27.9 Å². The van der Waals surface area contributed by atoms with Crippen molar-refractivity contribution >= 4 is 12.1 Å². The molecule has 2 aromatic heterocycles. The number of nitrogens with one attached hydrogen (secondary N) is 1. The summed E-state index contributed by atoms with van der Waals surface area (Å²) in [4.78, 5) is 25.8. The second-order valence-electron chi connectivity index (χ2n) is 3.29. The summed E-state index contributed by atoms with van der Waals surface area (Å²) in [5.41, 5.74) is 1.88. The van der Waals surface area contributed by atoms with Gasteiger partial charge in [0.15, 0.2) is 12.1 Å². The predicted molar refractivity (Wildman–Crippen MR) is 57.2 cm³/mol. The molecule has 5 nitrogen and oxygen atoms in total. The van der Waals surface area contributed by atoms with Crippen LogP contribution in [-0.2, 0) is 0 Å². The monoisotopic (exact) mass is 215 g/mol. The van der Waals surface area contributed by atoms with Crippen LogP contribution in [-0.4, -0.2) is 27.3 Å². The van der Waals surface area contributed by atoms with Crippen molar-refractivity contribution in [2.75, 3.05) is 0 Å². The number of aldehydes is 1. The third-order valence-corrected chi connectivity index (χ3v) is 2.10. The van der Waals surface area contributed by atoms with Gasteiger partial charge in [-0.15, -0.1) is 0 Å². The Balaban J connectivity index is 2.43. The van der Waals surface area contributed by atoms with Gasteiger partial charge in [0.1, 0.15) is 11.4 Å². The molecule has 0 aliphatic rings. The average Bonchev–Trinajstić information content (AvgIpc) is 2.77. The van der Waals surface area contributed by atoms with Crippen molar-refractivity contribution in [2.24, 2.45) is 0 Å². The number of rotatable bonds is 3. The van der Waals surface area contributed by atoms with Crippen LogP contribution in [0.5, 0.6) is 0 Å². The molecule has 0 radical (unpaired) electrons. The maximum absolute atomic E-state index is 11.1. The lowest BCUT2D eigenvalue weighted by Gasteiger charge is -1.97. The Morgan fingerprint density at radius 2 is 2.19 bits per heavy atom. The van der Waals surface area contributed by atoms with Crippen molar-refractivity contribution in [3.05, 3.63) is 35.7 Å².